The van der Waals surface area contributed by atoms with Crippen molar-refractivity contribution < 1.29 is 79.1 Å². The van der Waals surface area contributed by atoms with Crippen molar-refractivity contribution in [1.29, 1.82) is 0 Å². The number of hydrogen-bond donors (Lipinski definition) is 8. The number of ether oxygens (including phenoxy) is 4. The molecule has 0 saturated carbocycles. The van der Waals surface area contributed by atoms with Crippen LogP contribution in [0.25, 0.3) is 0 Å². The highest BCUT2D eigenvalue weighted by molar-refractivity contribution is 6.14. The van der Waals surface area contributed by atoms with Crippen molar-refractivity contribution in [1.82, 2.24) is 20.9 Å². The van der Waals surface area contributed by atoms with E-state index in [1.807, 2.05) is 0 Å². The zero-order chi connectivity index (χ0) is 37.8. The van der Waals surface area contributed by atoms with E-state index in [0.29, 0.717) is 4.90 Å². The third kappa shape index (κ3) is 10.8. The number of hydrogen-bond acceptors (Lipinski definition) is 15. The van der Waals surface area contributed by atoms with Crippen molar-refractivity contribution in [3.8, 4) is 5.75 Å². The summed E-state index contributed by atoms with van der Waals surface area (Å²) in [6, 6.07) is 2.17. The summed E-state index contributed by atoms with van der Waals surface area (Å²) in [5.41, 5.74) is -0.0247. The van der Waals surface area contributed by atoms with E-state index in [4.69, 9.17) is 15.6 Å². The quantitative estimate of drug-likeness (QED) is 0.0556. The highest BCUT2D eigenvalue weighted by atomic mass is 16.7. The molecule has 0 aromatic heterocycles. The molecule has 6 atom stereocenters. The molecule has 2 heterocycles. The van der Waals surface area contributed by atoms with Crippen molar-refractivity contribution in [2.75, 3.05) is 38.7 Å². The van der Waals surface area contributed by atoms with Gasteiger partial charge in [0, 0.05) is 32.2 Å². The van der Waals surface area contributed by atoms with Gasteiger partial charge in [0.1, 0.15) is 43.3 Å². The topological polar surface area (TPSA) is 306 Å². The summed E-state index contributed by atoms with van der Waals surface area (Å²) in [4.78, 5) is 97.5. The van der Waals surface area contributed by atoms with E-state index in [1.54, 1.807) is 0 Å². The Kier molecular flexibility index (Phi) is 13.7. The van der Waals surface area contributed by atoms with Crippen LogP contribution in [0.5, 0.6) is 5.75 Å². The fraction of sp³-hybridized carbons (Fsp3) is 0.448. The standard InChI is InChI=1S/C29H35N5O16/c1-47-7-6-18(36)30-9-16(33-20(38)11-34-21(39)4-5-22(34)40)27(44)31-10-19(37)32-15-8-14(12-48-13-35)2-3-17(15)49-29-25(43)23(41)24(42)26(50-29)28(45)46/h2-5,8,13,16,23-26,29,41-43H,6-7,9-12H2,1H3,(H,30,36)(H,31,44)(H,32,37)(H,33,38)(H,45,46)/t16?,23-,24-,25+,26-,29+/m0/s1/i13D. The molecule has 6 amide bonds. The first-order valence-corrected chi connectivity index (χ1v) is 14.6. The number of carbonyl (C=O) groups excluding carboxylic acids is 7. The van der Waals surface area contributed by atoms with Gasteiger partial charge in [-0.3, -0.25) is 38.5 Å². The van der Waals surface area contributed by atoms with Gasteiger partial charge in [0.2, 0.25) is 29.9 Å². The van der Waals surface area contributed by atoms with Crippen LogP contribution in [-0.2, 0) is 59.2 Å². The Balaban J connectivity index is 1.73. The maximum atomic E-state index is 13.1. The number of carbonyl (C=O) groups is 8. The molecule has 0 bridgehead atoms. The molecule has 1 aromatic rings. The average Bonchev–Trinajstić information content (AvgIpc) is 3.39. The molecule has 21 nitrogen and oxygen atoms in total. The van der Waals surface area contributed by atoms with E-state index in [9.17, 15) is 58.8 Å². The van der Waals surface area contributed by atoms with Crippen molar-refractivity contribution >= 4 is 53.5 Å². The highest BCUT2D eigenvalue weighted by Crippen LogP contribution is 2.31. The van der Waals surface area contributed by atoms with Crippen LogP contribution in [0, 0.1) is 0 Å². The molecule has 8 N–H and O–H groups in total. The summed E-state index contributed by atoms with van der Waals surface area (Å²) in [6.45, 7) is -2.40. The van der Waals surface area contributed by atoms with Crippen LogP contribution in [-0.4, -0.2) is 143 Å². The third-order valence-electron chi connectivity index (χ3n) is 6.99. The van der Waals surface area contributed by atoms with Crippen molar-refractivity contribution in [2.45, 2.75) is 49.8 Å². The number of anilines is 1. The Morgan fingerprint density at radius 3 is 2.36 bits per heavy atom. The normalized spacial score (nSPS) is 22.2. The maximum absolute atomic E-state index is 13.1. The summed E-state index contributed by atoms with van der Waals surface area (Å²) in [5, 5.41) is 49.1. The molecule has 50 heavy (non-hydrogen) atoms. The number of aliphatic carboxylic acids is 1. The number of benzene rings is 1. The number of imide groups is 1. The maximum Gasteiger partial charge on any atom is 0.335 e. The van der Waals surface area contributed by atoms with E-state index >= 15 is 0 Å². The van der Waals surface area contributed by atoms with E-state index in [0.717, 1.165) is 12.2 Å². The second-order valence-electron chi connectivity index (χ2n) is 10.6. The lowest BCUT2D eigenvalue weighted by atomic mass is 9.99. The SMILES string of the molecule is [2H]C(=O)OCc1ccc(O[C@@H]2O[C@H](C(=O)O)[C@@H](O)[C@H](O)[C@H]2O)c(NC(=O)CNC(=O)C(CNC(=O)CCOC)NC(=O)CN2C(=O)C=CC2=O)c1. The fourth-order valence-electron chi connectivity index (χ4n) is 4.42. The summed E-state index contributed by atoms with van der Waals surface area (Å²) >= 11 is 0. The van der Waals surface area contributed by atoms with Gasteiger partial charge in [-0.15, -0.1) is 0 Å². The average molecular weight is 711 g/mol. The second kappa shape index (κ2) is 18.3. The first-order valence-electron chi connectivity index (χ1n) is 15.1. The molecule has 1 unspecified atom stereocenters. The third-order valence-corrected chi connectivity index (χ3v) is 6.99. The Labute approximate surface area is 283 Å². The van der Waals surface area contributed by atoms with Crippen molar-refractivity contribution in [3.63, 3.8) is 0 Å². The zero-order valence-corrected chi connectivity index (χ0v) is 26.2. The van der Waals surface area contributed by atoms with Crippen LogP contribution in [0.15, 0.2) is 30.4 Å². The first-order chi connectivity index (χ1) is 24.1. The van der Waals surface area contributed by atoms with Gasteiger partial charge in [0.25, 0.3) is 18.3 Å². The number of nitrogens with one attached hydrogen (secondary N) is 4. The van der Waals surface area contributed by atoms with E-state index < -0.39 is 111 Å². The highest BCUT2D eigenvalue weighted by Gasteiger charge is 2.48. The smallest absolute Gasteiger partial charge is 0.335 e. The molecule has 0 radical (unpaired) electrons. The van der Waals surface area contributed by atoms with Gasteiger partial charge in [0.05, 0.1) is 18.8 Å². The number of carboxylic acids is 1. The van der Waals surface area contributed by atoms with Crippen molar-refractivity contribution in [2.24, 2.45) is 0 Å². The molecule has 0 spiro atoms. The predicted molar refractivity (Wildman–Crippen MR) is 161 cm³/mol. The van der Waals surface area contributed by atoms with Gasteiger partial charge < -0.3 is 60.6 Å². The van der Waals surface area contributed by atoms with Crippen LogP contribution >= 0.6 is 0 Å². The van der Waals surface area contributed by atoms with Gasteiger partial charge in [-0.1, -0.05) is 6.07 Å². The second-order valence-corrected chi connectivity index (χ2v) is 10.6. The molecule has 272 valence electrons. The molecule has 2 aliphatic heterocycles. The summed E-state index contributed by atoms with van der Waals surface area (Å²) in [7, 11) is 1.36. The van der Waals surface area contributed by atoms with E-state index in [1.165, 1.54) is 25.3 Å². The Bertz CT molecular complexity index is 1540. The largest absolute Gasteiger partial charge is 0.479 e. The number of amides is 6. The van der Waals surface area contributed by atoms with Crippen LogP contribution in [0.1, 0.15) is 13.4 Å². The Hall–Kier alpha value is -5.48. The molecular formula is C29H35N5O16. The first kappa shape index (κ1) is 37.3. The number of aliphatic hydroxyl groups excluding tert-OH is 3. The van der Waals surface area contributed by atoms with Crippen LogP contribution in [0.3, 0.4) is 0 Å². The van der Waals surface area contributed by atoms with Gasteiger partial charge in [-0.25, -0.2) is 4.79 Å². The minimum absolute atomic E-state index is 0.0500. The van der Waals surface area contributed by atoms with Gasteiger partial charge in [0.15, 0.2) is 7.47 Å². The lowest BCUT2D eigenvalue weighted by Gasteiger charge is -2.38. The predicted octanol–water partition coefficient (Wildman–Crippen LogP) is -4.75. The number of nitrogens with zero attached hydrogens (tertiary/aromatic N) is 1. The molecular weight excluding hydrogens is 674 g/mol. The molecule has 1 aromatic carbocycles. The molecule has 1 fully saturated rings. The molecule has 0 aliphatic carbocycles. The lowest BCUT2D eigenvalue weighted by molar-refractivity contribution is -0.271. The molecule has 1 saturated heterocycles. The number of methoxy groups -OCH3 is 1. The lowest BCUT2D eigenvalue weighted by Crippen LogP contribution is -2.61. The van der Waals surface area contributed by atoms with Crippen LogP contribution < -0.4 is 26.0 Å². The summed E-state index contributed by atoms with van der Waals surface area (Å²) in [6.07, 6.45) is -9.46. The van der Waals surface area contributed by atoms with Crippen LogP contribution in [0.4, 0.5) is 5.69 Å². The van der Waals surface area contributed by atoms with E-state index in [2.05, 4.69) is 26.0 Å². The summed E-state index contributed by atoms with van der Waals surface area (Å²) < 4.78 is 27.0. The molecule has 3 rings (SSSR count). The fourth-order valence-corrected chi connectivity index (χ4v) is 4.42. The summed E-state index contributed by atoms with van der Waals surface area (Å²) in [5.74, 6) is -6.92. The zero-order valence-electron chi connectivity index (χ0n) is 27.2. The van der Waals surface area contributed by atoms with Gasteiger partial charge >= 0.3 is 5.97 Å². The van der Waals surface area contributed by atoms with E-state index in [-0.39, 0.29) is 30.0 Å². The Morgan fingerprint density at radius 2 is 1.72 bits per heavy atom. The Morgan fingerprint density at radius 1 is 1.02 bits per heavy atom. The molecule has 21 heteroatoms. The number of carboxylic acid groups (broad SMARTS) is 1. The minimum atomic E-state index is -2.02. The number of rotatable bonds is 17. The van der Waals surface area contributed by atoms with Crippen LogP contribution in [0.2, 0.25) is 0 Å². The minimum Gasteiger partial charge on any atom is -0.479 e. The van der Waals surface area contributed by atoms with Gasteiger partial charge in [-0.05, 0) is 17.7 Å². The number of aliphatic hydroxyl groups is 3. The van der Waals surface area contributed by atoms with Gasteiger partial charge in [-0.2, -0.15) is 0 Å². The molecule has 2 aliphatic rings. The monoisotopic (exact) mass is 710 g/mol. The van der Waals surface area contributed by atoms with Crippen molar-refractivity contribution in [3.05, 3.63) is 35.9 Å².